The summed E-state index contributed by atoms with van der Waals surface area (Å²) in [7, 11) is 1.55. The number of benzene rings is 1. The van der Waals surface area contributed by atoms with Crippen LogP contribution >= 0.6 is 0 Å². The van der Waals surface area contributed by atoms with Gasteiger partial charge in [-0.1, -0.05) is 12.1 Å². The quantitative estimate of drug-likeness (QED) is 0.850. The van der Waals surface area contributed by atoms with Crippen LogP contribution in [0.3, 0.4) is 0 Å². The molecule has 1 amide bonds. The Morgan fingerprint density at radius 3 is 2.52 bits per heavy atom. The highest BCUT2D eigenvalue weighted by Gasteiger charge is 2.16. The monoisotopic (exact) mass is 288 g/mol. The van der Waals surface area contributed by atoms with Gasteiger partial charge in [-0.25, -0.2) is 9.97 Å². The molecule has 0 aliphatic carbocycles. The summed E-state index contributed by atoms with van der Waals surface area (Å²) in [6.07, 6.45) is 0. The van der Waals surface area contributed by atoms with Gasteiger partial charge < -0.3 is 20.9 Å². The van der Waals surface area contributed by atoms with E-state index in [4.69, 9.17) is 20.9 Å². The van der Waals surface area contributed by atoms with Crippen LogP contribution in [0, 0.1) is 6.92 Å². The molecule has 0 saturated carbocycles. The van der Waals surface area contributed by atoms with Crippen LogP contribution in [0.25, 0.3) is 0 Å². The topological polar surface area (TPSA) is 113 Å². The van der Waals surface area contributed by atoms with E-state index in [-0.39, 0.29) is 18.1 Å². The molecule has 4 N–H and O–H groups in total. The van der Waals surface area contributed by atoms with E-state index in [1.54, 1.807) is 26.2 Å². The number of anilines is 1. The number of aryl methyl sites for hydroxylation is 1. The van der Waals surface area contributed by atoms with Crippen molar-refractivity contribution in [1.82, 2.24) is 9.97 Å². The van der Waals surface area contributed by atoms with Gasteiger partial charge in [0.15, 0.2) is 11.5 Å². The van der Waals surface area contributed by atoms with Crippen molar-refractivity contribution in [3.8, 4) is 11.5 Å². The number of methoxy groups -OCH3 is 1. The molecule has 1 aromatic heterocycles. The molecule has 1 aromatic carbocycles. The molecule has 0 saturated heterocycles. The Bertz CT molecular complexity index is 673. The maximum absolute atomic E-state index is 11.5. The van der Waals surface area contributed by atoms with Crippen molar-refractivity contribution in [2.45, 2.75) is 13.5 Å². The van der Waals surface area contributed by atoms with Gasteiger partial charge in [0.1, 0.15) is 6.61 Å². The second kappa shape index (κ2) is 6.08. The third-order valence-corrected chi connectivity index (χ3v) is 2.86. The number of amides is 1. The Hall–Kier alpha value is -2.83. The fourth-order valence-corrected chi connectivity index (χ4v) is 1.96. The number of para-hydroxylation sites is 2. The van der Waals surface area contributed by atoms with Gasteiger partial charge in [-0.2, -0.15) is 0 Å². The summed E-state index contributed by atoms with van der Waals surface area (Å²) in [5.74, 6) is 0.560. The number of hydrogen-bond acceptors (Lipinski definition) is 6. The lowest BCUT2D eigenvalue weighted by Gasteiger charge is -2.12. The number of rotatable bonds is 5. The van der Waals surface area contributed by atoms with Gasteiger partial charge in [0, 0.05) is 0 Å². The van der Waals surface area contributed by atoms with Gasteiger partial charge in [0.2, 0.25) is 5.95 Å². The molecular weight excluding hydrogens is 272 g/mol. The van der Waals surface area contributed by atoms with E-state index < -0.39 is 5.91 Å². The molecule has 0 unspecified atom stereocenters. The molecule has 0 fully saturated rings. The van der Waals surface area contributed by atoms with Crippen molar-refractivity contribution >= 4 is 11.9 Å². The highest BCUT2D eigenvalue weighted by molar-refractivity contribution is 5.95. The first kappa shape index (κ1) is 14.6. The van der Waals surface area contributed by atoms with Crippen LogP contribution in [0.2, 0.25) is 0 Å². The Balaban J connectivity index is 2.30. The number of primary amides is 1. The highest BCUT2D eigenvalue weighted by atomic mass is 16.5. The zero-order valence-corrected chi connectivity index (χ0v) is 11.8. The molecule has 7 heteroatoms. The first-order chi connectivity index (χ1) is 10.0. The summed E-state index contributed by atoms with van der Waals surface area (Å²) in [6.45, 7) is 1.68. The minimum atomic E-state index is -0.619. The molecule has 7 nitrogen and oxygen atoms in total. The maximum Gasteiger partial charge on any atom is 0.252 e. The van der Waals surface area contributed by atoms with E-state index in [0.29, 0.717) is 22.9 Å². The van der Waals surface area contributed by atoms with Crippen LogP contribution < -0.4 is 20.9 Å². The van der Waals surface area contributed by atoms with E-state index in [1.807, 2.05) is 12.1 Å². The molecule has 0 radical (unpaired) electrons. The maximum atomic E-state index is 11.5. The van der Waals surface area contributed by atoms with E-state index in [1.165, 1.54) is 0 Å². The average Bonchev–Trinajstić information content (AvgIpc) is 2.44. The van der Waals surface area contributed by atoms with Gasteiger partial charge in [-0.05, 0) is 19.1 Å². The molecule has 2 rings (SSSR count). The van der Waals surface area contributed by atoms with Crippen molar-refractivity contribution in [3.63, 3.8) is 0 Å². The highest BCUT2D eigenvalue weighted by Crippen LogP contribution is 2.27. The largest absolute Gasteiger partial charge is 0.493 e. The molecule has 0 aliphatic rings. The first-order valence-corrected chi connectivity index (χ1v) is 6.21. The van der Waals surface area contributed by atoms with Gasteiger partial charge in [0.05, 0.1) is 24.1 Å². The summed E-state index contributed by atoms with van der Waals surface area (Å²) in [5, 5.41) is 0. The predicted molar refractivity (Wildman–Crippen MR) is 77.0 cm³/mol. The Morgan fingerprint density at radius 2 is 1.90 bits per heavy atom. The third kappa shape index (κ3) is 3.19. The van der Waals surface area contributed by atoms with Crippen molar-refractivity contribution in [2.75, 3.05) is 12.8 Å². The van der Waals surface area contributed by atoms with Crippen LogP contribution in [0.1, 0.15) is 21.7 Å². The number of nitrogens with zero attached hydrogens (tertiary/aromatic N) is 2. The van der Waals surface area contributed by atoms with Crippen LogP contribution in [0.5, 0.6) is 11.5 Å². The molecule has 1 heterocycles. The zero-order chi connectivity index (χ0) is 15.4. The van der Waals surface area contributed by atoms with Gasteiger partial charge in [-0.15, -0.1) is 0 Å². The number of carbonyl (C=O) groups excluding carboxylic acids is 1. The smallest absolute Gasteiger partial charge is 0.252 e. The molecular formula is C14H16N4O3. The van der Waals surface area contributed by atoms with Gasteiger partial charge in [0.25, 0.3) is 5.91 Å². The SMILES string of the molecule is COc1ccccc1OCc1nc(N)nc(C)c1C(N)=O. The number of hydrogen-bond donors (Lipinski definition) is 2. The summed E-state index contributed by atoms with van der Waals surface area (Å²) in [4.78, 5) is 19.5. The predicted octanol–water partition coefficient (Wildman–Crippen LogP) is 1.05. The lowest BCUT2D eigenvalue weighted by molar-refractivity contribution is 0.0996. The summed E-state index contributed by atoms with van der Waals surface area (Å²) >= 11 is 0. The normalized spacial score (nSPS) is 10.2. The zero-order valence-electron chi connectivity index (χ0n) is 11.8. The summed E-state index contributed by atoms with van der Waals surface area (Å²) < 4.78 is 10.8. The number of carbonyl (C=O) groups is 1. The Labute approximate surface area is 121 Å². The lowest BCUT2D eigenvalue weighted by atomic mass is 10.1. The standard InChI is InChI=1S/C14H16N4O3/c1-8-12(13(15)19)9(18-14(16)17-8)7-21-11-6-4-3-5-10(11)20-2/h3-6H,7H2,1-2H3,(H2,15,19)(H2,16,17,18). The van der Waals surface area contributed by atoms with Gasteiger partial charge >= 0.3 is 0 Å². The van der Waals surface area contributed by atoms with E-state index in [2.05, 4.69) is 9.97 Å². The van der Waals surface area contributed by atoms with Crippen molar-refractivity contribution < 1.29 is 14.3 Å². The molecule has 0 bridgehead atoms. The van der Waals surface area contributed by atoms with Gasteiger partial charge in [-0.3, -0.25) is 4.79 Å². The van der Waals surface area contributed by atoms with E-state index >= 15 is 0 Å². The number of nitrogen functional groups attached to an aromatic ring is 1. The van der Waals surface area contributed by atoms with Crippen LogP contribution in [0.15, 0.2) is 24.3 Å². The van der Waals surface area contributed by atoms with Crippen LogP contribution in [-0.4, -0.2) is 23.0 Å². The van der Waals surface area contributed by atoms with Crippen molar-refractivity contribution in [3.05, 3.63) is 41.2 Å². The second-order valence-electron chi connectivity index (χ2n) is 4.29. The summed E-state index contributed by atoms with van der Waals surface area (Å²) in [5.41, 5.74) is 11.9. The molecule has 21 heavy (non-hydrogen) atoms. The molecule has 0 spiro atoms. The van der Waals surface area contributed by atoms with E-state index in [0.717, 1.165) is 0 Å². The number of ether oxygens (including phenoxy) is 2. The van der Waals surface area contributed by atoms with Crippen molar-refractivity contribution in [1.29, 1.82) is 0 Å². The number of nitrogens with two attached hydrogens (primary N) is 2. The fourth-order valence-electron chi connectivity index (χ4n) is 1.96. The summed E-state index contributed by atoms with van der Waals surface area (Å²) in [6, 6.07) is 7.16. The average molecular weight is 288 g/mol. The molecule has 2 aromatic rings. The van der Waals surface area contributed by atoms with E-state index in [9.17, 15) is 4.79 Å². The molecule has 0 aliphatic heterocycles. The Morgan fingerprint density at radius 1 is 1.24 bits per heavy atom. The lowest BCUT2D eigenvalue weighted by Crippen LogP contribution is -2.20. The molecule has 110 valence electrons. The second-order valence-corrected chi connectivity index (χ2v) is 4.29. The van der Waals surface area contributed by atoms with Crippen molar-refractivity contribution in [2.24, 2.45) is 5.73 Å². The minimum Gasteiger partial charge on any atom is -0.493 e. The van der Waals surface area contributed by atoms with Crippen LogP contribution in [-0.2, 0) is 6.61 Å². The fraction of sp³-hybridized carbons (Fsp3) is 0.214. The first-order valence-electron chi connectivity index (χ1n) is 6.21. The minimum absolute atomic E-state index is 0.0339. The Kier molecular flexibility index (Phi) is 4.22. The van der Waals surface area contributed by atoms with Crippen LogP contribution in [0.4, 0.5) is 5.95 Å². The molecule has 0 atom stereocenters. The third-order valence-electron chi connectivity index (χ3n) is 2.86. The number of aromatic nitrogens is 2.